The number of benzene rings is 2. The van der Waals surface area contributed by atoms with Crippen molar-refractivity contribution in [2.75, 3.05) is 0 Å². The molecule has 0 aliphatic heterocycles. The fraction of sp³-hybridized carbons (Fsp3) is 0.125. The monoisotopic (exact) mass is 354 g/mol. The molecular weight excluding hydrogens is 343 g/mol. The number of aliphatic carboxylic acids is 2. The zero-order valence-corrected chi connectivity index (χ0v) is 13.2. The van der Waals surface area contributed by atoms with Gasteiger partial charge in [0.05, 0.1) is 16.5 Å². The zero-order chi connectivity index (χ0) is 17.0. The van der Waals surface area contributed by atoms with E-state index in [-0.39, 0.29) is 5.75 Å². The Bertz CT molecular complexity index is 725. The highest BCUT2D eigenvalue weighted by atomic mass is 35.5. The van der Waals surface area contributed by atoms with Gasteiger partial charge in [0.15, 0.2) is 0 Å². The zero-order valence-electron chi connectivity index (χ0n) is 11.7. The number of carbonyl (C=O) groups is 2. The van der Waals surface area contributed by atoms with Crippen LogP contribution in [0.1, 0.15) is 6.42 Å². The Morgan fingerprint density at radius 3 is 2.17 bits per heavy atom. The van der Waals surface area contributed by atoms with Gasteiger partial charge in [-0.15, -0.1) is 0 Å². The largest absolute Gasteiger partial charge is 0.481 e. The Labute approximate surface area is 142 Å². The molecule has 0 amide bonds. The molecule has 5 nitrogen and oxygen atoms in total. The fourth-order valence-corrected chi connectivity index (χ4v) is 2.62. The number of carboxylic acids is 2. The summed E-state index contributed by atoms with van der Waals surface area (Å²) in [6, 6.07) is 11.5. The minimum atomic E-state index is -1.52. The lowest BCUT2D eigenvalue weighted by molar-refractivity contribution is -0.151. The van der Waals surface area contributed by atoms with E-state index in [2.05, 4.69) is 0 Å². The summed E-state index contributed by atoms with van der Waals surface area (Å²) in [5, 5.41) is 18.7. The maximum absolute atomic E-state index is 11.2. The van der Waals surface area contributed by atoms with Crippen molar-refractivity contribution in [3.05, 3.63) is 52.5 Å². The molecule has 0 aromatic heterocycles. The van der Waals surface area contributed by atoms with Gasteiger partial charge in [0.25, 0.3) is 0 Å². The summed E-state index contributed by atoms with van der Waals surface area (Å²) in [5.74, 6) is -2.45. The van der Waals surface area contributed by atoms with Gasteiger partial charge in [0, 0.05) is 11.1 Å². The van der Waals surface area contributed by atoms with Crippen LogP contribution in [0.3, 0.4) is 0 Å². The van der Waals surface area contributed by atoms with Gasteiger partial charge in [-0.1, -0.05) is 47.5 Å². The number of hydrogen-bond acceptors (Lipinski definition) is 3. The maximum atomic E-state index is 11.2. The molecule has 7 heteroatoms. The maximum Gasteiger partial charge on any atom is 0.345 e. The summed E-state index contributed by atoms with van der Waals surface area (Å²) in [6.07, 6.45) is -2.19. The van der Waals surface area contributed by atoms with Crippen molar-refractivity contribution in [3.8, 4) is 16.9 Å². The Balaban J connectivity index is 2.45. The Morgan fingerprint density at radius 1 is 1.00 bits per heavy atom. The van der Waals surface area contributed by atoms with Gasteiger partial charge in [-0.3, -0.25) is 4.79 Å². The van der Waals surface area contributed by atoms with E-state index in [0.717, 1.165) is 0 Å². The van der Waals surface area contributed by atoms with Crippen molar-refractivity contribution < 1.29 is 24.5 Å². The third-order valence-corrected chi connectivity index (χ3v) is 3.65. The standard InChI is InChI=1S/C16H12Cl2O5/c17-10-5-3-6-11(18)15(10)9-4-1-2-7-12(9)23-13(16(21)22)8-14(19)20/h1-7,13H,8H2,(H,19,20)(H,21,22). The second kappa shape index (κ2) is 7.35. The molecule has 0 aliphatic rings. The highest BCUT2D eigenvalue weighted by molar-refractivity contribution is 6.39. The predicted molar refractivity (Wildman–Crippen MR) is 86.2 cm³/mol. The number of rotatable bonds is 6. The molecule has 2 aromatic carbocycles. The third kappa shape index (κ3) is 4.15. The Hall–Kier alpha value is -2.24. The average Bonchev–Trinajstić information content (AvgIpc) is 2.47. The molecule has 120 valence electrons. The van der Waals surface area contributed by atoms with Crippen LogP contribution >= 0.6 is 23.2 Å². The molecule has 0 fully saturated rings. The van der Waals surface area contributed by atoms with Gasteiger partial charge >= 0.3 is 11.9 Å². The lowest BCUT2D eigenvalue weighted by Crippen LogP contribution is -2.29. The molecule has 2 rings (SSSR count). The fourth-order valence-electron chi connectivity index (χ4n) is 2.02. The van der Waals surface area contributed by atoms with Gasteiger partial charge in [-0.25, -0.2) is 4.79 Å². The second-order valence-corrected chi connectivity index (χ2v) is 5.45. The summed E-state index contributed by atoms with van der Waals surface area (Å²) in [4.78, 5) is 22.0. The van der Waals surface area contributed by atoms with Crippen molar-refractivity contribution in [2.45, 2.75) is 12.5 Å². The molecule has 0 heterocycles. The van der Waals surface area contributed by atoms with Gasteiger partial charge in [0.2, 0.25) is 6.10 Å². The lowest BCUT2D eigenvalue weighted by Gasteiger charge is -2.17. The normalized spacial score (nSPS) is 11.7. The molecule has 2 aromatic rings. The highest BCUT2D eigenvalue weighted by Crippen LogP contribution is 2.39. The molecule has 1 unspecified atom stereocenters. The molecule has 0 aliphatic carbocycles. The summed E-state index contributed by atoms with van der Waals surface area (Å²) < 4.78 is 5.38. The molecule has 2 N–H and O–H groups in total. The number of para-hydroxylation sites is 1. The van der Waals surface area contributed by atoms with Crippen LogP contribution in [-0.2, 0) is 9.59 Å². The van der Waals surface area contributed by atoms with Crippen molar-refractivity contribution in [1.29, 1.82) is 0 Å². The van der Waals surface area contributed by atoms with Crippen LogP contribution in [0.5, 0.6) is 5.75 Å². The average molecular weight is 355 g/mol. The van der Waals surface area contributed by atoms with E-state index < -0.39 is 24.5 Å². The second-order valence-electron chi connectivity index (χ2n) is 4.64. The number of ether oxygens (including phenoxy) is 1. The van der Waals surface area contributed by atoms with Crippen LogP contribution in [0.25, 0.3) is 11.1 Å². The van der Waals surface area contributed by atoms with E-state index in [1.165, 1.54) is 6.07 Å². The Morgan fingerprint density at radius 2 is 1.61 bits per heavy atom. The third-order valence-electron chi connectivity index (χ3n) is 3.02. The van der Waals surface area contributed by atoms with Crippen LogP contribution in [0.4, 0.5) is 0 Å². The van der Waals surface area contributed by atoms with Crippen molar-refractivity contribution >= 4 is 35.1 Å². The van der Waals surface area contributed by atoms with E-state index in [1.54, 1.807) is 36.4 Å². The van der Waals surface area contributed by atoms with Crippen LogP contribution in [0.2, 0.25) is 10.0 Å². The number of hydrogen-bond donors (Lipinski definition) is 2. The van der Waals surface area contributed by atoms with E-state index >= 15 is 0 Å². The molecule has 0 bridgehead atoms. The first-order valence-corrected chi connectivity index (χ1v) is 7.30. The SMILES string of the molecule is O=C(O)CC(Oc1ccccc1-c1c(Cl)cccc1Cl)C(=O)O. The topological polar surface area (TPSA) is 83.8 Å². The lowest BCUT2D eigenvalue weighted by atomic mass is 10.0. The van der Waals surface area contributed by atoms with E-state index in [0.29, 0.717) is 21.2 Å². The number of carboxylic acid groups (broad SMARTS) is 2. The molecule has 0 radical (unpaired) electrons. The first kappa shape index (κ1) is 17.1. The van der Waals surface area contributed by atoms with Crippen molar-refractivity contribution in [3.63, 3.8) is 0 Å². The van der Waals surface area contributed by atoms with Gasteiger partial charge < -0.3 is 14.9 Å². The van der Waals surface area contributed by atoms with Crippen LogP contribution < -0.4 is 4.74 Å². The molecule has 0 saturated carbocycles. The summed E-state index contributed by atoms with van der Waals surface area (Å²) in [6.45, 7) is 0. The Kier molecular flexibility index (Phi) is 5.47. The molecule has 0 saturated heterocycles. The quantitative estimate of drug-likeness (QED) is 0.819. The van der Waals surface area contributed by atoms with Gasteiger partial charge in [-0.05, 0) is 18.2 Å². The smallest absolute Gasteiger partial charge is 0.345 e. The molecule has 1 atom stereocenters. The number of halogens is 2. The summed E-state index contributed by atoms with van der Waals surface area (Å²) in [5.41, 5.74) is 0.977. The van der Waals surface area contributed by atoms with E-state index in [4.69, 9.17) is 38.2 Å². The van der Waals surface area contributed by atoms with Crippen molar-refractivity contribution in [1.82, 2.24) is 0 Å². The van der Waals surface area contributed by atoms with E-state index in [9.17, 15) is 9.59 Å². The molecular formula is C16H12Cl2O5. The molecule has 0 spiro atoms. The predicted octanol–water partition coefficient (Wildman–Crippen LogP) is 3.97. The highest BCUT2D eigenvalue weighted by Gasteiger charge is 2.24. The minimum absolute atomic E-state index is 0.191. The van der Waals surface area contributed by atoms with Crippen LogP contribution in [0, 0.1) is 0 Å². The summed E-state index contributed by atoms with van der Waals surface area (Å²) in [7, 11) is 0. The first-order chi connectivity index (χ1) is 10.9. The van der Waals surface area contributed by atoms with Crippen LogP contribution in [-0.4, -0.2) is 28.3 Å². The van der Waals surface area contributed by atoms with Crippen LogP contribution in [0.15, 0.2) is 42.5 Å². The van der Waals surface area contributed by atoms with Gasteiger partial charge in [-0.2, -0.15) is 0 Å². The van der Waals surface area contributed by atoms with Crippen molar-refractivity contribution in [2.24, 2.45) is 0 Å². The van der Waals surface area contributed by atoms with Gasteiger partial charge in [0.1, 0.15) is 5.75 Å². The van der Waals surface area contributed by atoms with E-state index in [1.807, 2.05) is 0 Å². The minimum Gasteiger partial charge on any atom is -0.481 e. The summed E-state index contributed by atoms with van der Waals surface area (Å²) >= 11 is 12.3. The molecule has 23 heavy (non-hydrogen) atoms. The first-order valence-electron chi connectivity index (χ1n) is 6.55.